The minimum absolute atomic E-state index is 0.0631. The van der Waals surface area contributed by atoms with Crippen molar-refractivity contribution in [3.63, 3.8) is 0 Å². The van der Waals surface area contributed by atoms with E-state index < -0.39 is 0 Å². The summed E-state index contributed by atoms with van der Waals surface area (Å²) in [6, 6.07) is 8.06. The smallest absolute Gasteiger partial charge is 0.134 e. The van der Waals surface area contributed by atoms with Gasteiger partial charge in [0.15, 0.2) is 0 Å². The van der Waals surface area contributed by atoms with Crippen molar-refractivity contribution >= 4 is 0 Å². The van der Waals surface area contributed by atoms with Gasteiger partial charge in [0.25, 0.3) is 0 Å². The highest BCUT2D eigenvalue weighted by molar-refractivity contribution is 5.39. The maximum atomic E-state index is 6.03. The monoisotopic (exact) mass is 284 g/mol. The first-order valence-corrected chi connectivity index (χ1v) is 7.28. The lowest BCUT2D eigenvalue weighted by molar-refractivity contribution is 0.413. The number of nitrogens with zero attached hydrogens (tertiary/aromatic N) is 1. The second-order valence-electron chi connectivity index (χ2n) is 6.44. The van der Waals surface area contributed by atoms with E-state index in [1.807, 2.05) is 18.3 Å². The Morgan fingerprint density at radius 2 is 1.86 bits per heavy atom. The fraction of sp³-hybridized carbons (Fsp3) is 0.389. The maximum Gasteiger partial charge on any atom is 0.134 e. The average Bonchev–Trinajstić information content (AvgIpc) is 2.41. The highest BCUT2D eigenvalue weighted by Crippen LogP contribution is 2.26. The van der Waals surface area contributed by atoms with Crippen LogP contribution in [0.3, 0.4) is 0 Å². The van der Waals surface area contributed by atoms with E-state index in [1.54, 1.807) is 6.20 Å². The summed E-state index contributed by atoms with van der Waals surface area (Å²) in [7, 11) is 0. The van der Waals surface area contributed by atoms with E-state index in [9.17, 15) is 0 Å². The molecule has 0 aliphatic rings. The molecule has 0 saturated carbocycles. The van der Waals surface area contributed by atoms with Gasteiger partial charge in [0.2, 0.25) is 0 Å². The highest BCUT2D eigenvalue weighted by atomic mass is 16.5. The Kier molecular flexibility index (Phi) is 4.63. The number of benzene rings is 1. The lowest BCUT2D eigenvalue weighted by Gasteiger charge is -2.21. The third kappa shape index (κ3) is 4.57. The molecule has 112 valence electrons. The molecule has 2 aromatic rings. The van der Waals surface area contributed by atoms with Crippen LogP contribution in [0, 0.1) is 13.8 Å². The highest BCUT2D eigenvalue weighted by Gasteiger charge is 2.11. The van der Waals surface area contributed by atoms with Gasteiger partial charge >= 0.3 is 0 Å². The Morgan fingerprint density at radius 3 is 2.52 bits per heavy atom. The molecule has 1 aromatic carbocycles. The molecule has 21 heavy (non-hydrogen) atoms. The number of aryl methyl sites for hydroxylation is 2. The minimum Gasteiger partial charge on any atom is -0.457 e. The first kappa shape index (κ1) is 15.5. The first-order valence-electron chi connectivity index (χ1n) is 7.28. The van der Waals surface area contributed by atoms with Gasteiger partial charge in [-0.15, -0.1) is 0 Å². The molecule has 2 rings (SSSR count). The maximum absolute atomic E-state index is 6.03. The lowest BCUT2D eigenvalue weighted by Crippen LogP contribution is -2.35. The molecule has 0 amide bonds. The van der Waals surface area contributed by atoms with Crippen molar-refractivity contribution in [1.29, 1.82) is 0 Å². The molecule has 0 aliphatic carbocycles. The first-order chi connectivity index (χ1) is 9.85. The van der Waals surface area contributed by atoms with E-state index in [0.717, 1.165) is 23.6 Å². The second-order valence-corrected chi connectivity index (χ2v) is 6.44. The zero-order chi connectivity index (χ0) is 15.5. The molecular formula is C18H24N2O. The Bertz CT molecular complexity index is 615. The van der Waals surface area contributed by atoms with E-state index in [1.165, 1.54) is 11.1 Å². The van der Waals surface area contributed by atoms with Crippen LogP contribution in [0.15, 0.2) is 36.7 Å². The SMILES string of the molecule is Cc1ccc(Oc2ccncc2CNC(C)(C)C)cc1C. The standard InChI is InChI=1S/C18H24N2O/c1-13-6-7-16(10-14(13)2)21-17-8-9-19-11-15(17)12-20-18(3,4)5/h6-11,20H,12H2,1-5H3. The number of hydrogen-bond acceptors (Lipinski definition) is 3. The summed E-state index contributed by atoms with van der Waals surface area (Å²) in [6.45, 7) is 11.4. The van der Waals surface area contributed by atoms with E-state index in [2.05, 4.69) is 57.1 Å². The van der Waals surface area contributed by atoms with E-state index in [0.29, 0.717) is 0 Å². The molecule has 0 spiro atoms. The number of pyridine rings is 1. The van der Waals surface area contributed by atoms with Gasteiger partial charge in [-0.05, 0) is 63.9 Å². The van der Waals surface area contributed by atoms with Crippen LogP contribution in [0.2, 0.25) is 0 Å². The van der Waals surface area contributed by atoms with Crippen LogP contribution < -0.4 is 10.1 Å². The Labute approximate surface area is 127 Å². The van der Waals surface area contributed by atoms with Crippen LogP contribution >= 0.6 is 0 Å². The predicted molar refractivity (Wildman–Crippen MR) is 86.8 cm³/mol. The van der Waals surface area contributed by atoms with Crippen molar-refractivity contribution in [2.75, 3.05) is 0 Å². The van der Waals surface area contributed by atoms with Crippen LogP contribution in [-0.4, -0.2) is 10.5 Å². The summed E-state index contributed by atoms with van der Waals surface area (Å²) >= 11 is 0. The normalized spacial score (nSPS) is 11.5. The van der Waals surface area contributed by atoms with Crippen molar-refractivity contribution < 1.29 is 4.74 Å². The van der Waals surface area contributed by atoms with Crippen LogP contribution in [0.25, 0.3) is 0 Å². The molecule has 3 nitrogen and oxygen atoms in total. The van der Waals surface area contributed by atoms with Gasteiger partial charge in [-0.3, -0.25) is 4.98 Å². The summed E-state index contributed by atoms with van der Waals surface area (Å²) in [6.07, 6.45) is 3.62. The van der Waals surface area contributed by atoms with Gasteiger partial charge in [-0.2, -0.15) is 0 Å². The van der Waals surface area contributed by atoms with Gasteiger partial charge in [-0.25, -0.2) is 0 Å². The Morgan fingerprint density at radius 1 is 1.10 bits per heavy atom. The third-order valence-corrected chi connectivity index (χ3v) is 3.37. The predicted octanol–water partition coefficient (Wildman–Crippen LogP) is 4.38. The Balaban J connectivity index is 2.17. The molecule has 0 radical (unpaired) electrons. The fourth-order valence-electron chi connectivity index (χ4n) is 1.91. The molecule has 0 bridgehead atoms. The topological polar surface area (TPSA) is 34.1 Å². The summed E-state index contributed by atoms with van der Waals surface area (Å²) in [5.74, 6) is 1.71. The lowest BCUT2D eigenvalue weighted by atomic mass is 10.1. The quantitative estimate of drug-likeness (QED) is 0.904. The number of nitrogens with one attached hydrogen (secondary N) is 1. The van der Waals surface area contributed by atoms with Crippen LogP contribution in [-0.2, 0) is 6.54 Å². The summed E-state index contributed by atoms with van der Waals surface area (Å²) in [5, 5.41) is 3.46. The van der Waals surface area contributed by atoms with Crippen molar-refractivity contribution in [2.45, 2.75) is 46.7 Å². The number of rotatable bonds is 4. The van der Waals surface area contributed by atoms with E-state index in [-0.39, 0.29) is 5.54 Å². The fourth-order valence-corrected chi connectivity index (χ4v) is 1.91. The molecule has 3 heteroatoms. The molecule has 0 unspecified atom stereocenters. The van der Waals surface area contributed by atoms with Crippen LogP contribution in [0.4, 0.5) is 0 Å². The molecular weight excluding hydrogens is 260 g/mol. The average molecular weight is 284 g/mol. The van der Waals surface area contributed by atoms with E-state index in [4.69, 9.17) is 4.74 Å². The van der Waals surface area contributed by atoms with Crippen molar-refractivity contribution in [3.8, 4) is 11.5 Å². The molecule has 0 atom stereocenters. The molecule has 0 saturated heterocycles. The third-order valence-electron chi connectivity index (χ3n) is 3.37. The van der Waals surface area contributed by atoms with Gasteiger partial charge in [0.05, 0.1) is 0 Å². The molecule has 0 aliphatic heterocycles. The largest absolute Gasteiger partial charge is 0.457 e. The summed E-state index contributed by atoms with van der Waals surface area (Å²) in [4.78, 5) is 4.20. The summed E-state index contributed by atoms with van der Waals surface area (Å²) in [5.41, 5.74) is 3.63. The van der Waals surface area contributed by atoms with Gasteiger partial charge in [-0.1, -0.05) is 6.07 Å². The Hall–Kier alpha value is -1.87. The zero-order valence-electron chi connectivity index (χ0n) is 13.5. The van der Waals surface area contributed by atoms with Crippen molar-refractivity contribution in [3.05, 3.63) is 53.3 Å². The molecule has 1 aromatic heterocycles. The van der Waals surface area contributed by atoms with Gasteiger partial charge in [0, 0.05) is 30.0 Å². The second kappa shape index (κ2) is 6.27. The van der Waals surface area contributed by atoms with Gasteiger partial charge < -0.3 is 10.1 Å². The molecule has 1 N–H and O–H groups in total. The van der Waals surface area contributed by atoms with Gasteiger partial charge in [0.1, 0.15) is 11.5 Å². The zero-order valence-corrected chi connectivity index (χ0v) is 13.5. The van der Waals surface area contributed by atoms with Crippen molar-refractivity contribution in [2.24, 2.45) is 0 Å². The summed E-state index contributed by atoms with van der Waals surface area (Å²) < 4.78 is 6.03. The van der Waals surface area contributed by atoms with Crippen LogP contribution in [0.5, 0.6) is 11.5 Å². The van der Waals surface area contributed by atoms with E-state index >= 15 is 0 Å². The molecule has 0 fully saturated rings. The number of aromatic nitrogens is 1. The molecule has 1 heterocycles. The number of ether oxygens (including phenoxy) is 1. The van der Waals surface area contributed by atoms with Crippen LogP contribution in [0.1, 0.15) is 37.5 Å². The van der Waals surface area contributed by atoms with Crippen molar-refractivity contribution in [1.82, 2.24) is 10.3 Å². The number of hydrogen-bond donors (Lipinski definition) is 1. The minimum atomic E-state index is 0.0631.